The molecule has 3 heterocycles. The summed E-state index contributed by atoms with van der Waals surface area (Å²) in [7, 11) is 1.29. The van der Waals surface area contributed by atoms with Crippen molar-refractivity contribution in [3.05, 3.63) is 0 Å². The maximum atomic E-state index is 12.9. The van der Waals surface area contributed by atoms with E-state index < -0.39 is 65.0 Å². The number of esters is 1. The standard InChI is InChI=1S/C19H30BrNO8/c1-8(2)10(16(23)24-7)21-15(22)9(20)11-12-13(27-18(3,4)26-12)14-17(25-11)29-19(5,6)28-14/h8-14,17H,1-7H3,(H,21,22)/t9-,10-,11-,12-,13+,14+,17-/m1/s1. The van der Waals surface area contributed by atoms with Gasteiger partial charge in [-0.25, -0.2) is 4.79 Å². The minimum absolute atomic E-state index is 0.145. The van der Waals surface area contributed by atoms with Gasteiger partial charge in [0.25, 0.3) is 0 Å². The van der Waals surface area contributed by atoms with Gasteiger partial charge in [-0.15, -0.1) is 0 Å². The third kappa shape index (κ3) is 4.62. The van der Waals surface area contributed by atoms with Gasteiger partial charge < -0.3 is 33.7 Å². The zero-order valence-electron chi connectivity index (χ0n) is 17.8. The summed E-state index contributed by atoms with van der Waals surface area (Å²) in [5, 5.41) is 2.73. The lowest BCUT2D eigenvalue weighted by molar-refractivity contribution is -0.232. The van der Waals surface area contributed by atoms with E-state index in [1.165, 1.54) is 7.11 Å². The molecule has 0 aromatic rings. The molecule has 3 aliphatic heterocycles. The average molecular weight is 480 g/mol. The Labute approximate surface area is 179 Å². The van der Waals surface area contributed by atoms with Crippen LogP contribution in [0.5, 0.6) is 0 Å². The third-order valence-corrected chi connectivity index (χ3v) is 6.09. The molecule has 3 aliphatic rings. The van der Waals surface area contributed by atoms with Crippen LogP contribution in [0.3, 0.4) is 0 Å². The number of hydrogen-bond donors (Lipinski definition) is 1. The summed E-state index contributed by atoms with van der Waals surface area (Å²) in [6, 6.07) is -0.776. The van der Waals surface area contributed by atoms with Gasteiger partial charge in [-0.1, -0.05) is 29.8 Å². The van der Waals surface area contributed by atoms with Crippen LogP contribution in [0.1, 0.15) is 41.5 Å². The molecule has 3 saturated heterocycles. The first-order valence-corrected chi connectivity index (χ1v) is 10.7. The monoisotopic (exact) mass is 479 g/mol. The number of alkyl halides is 1. The van der Waals surface area contributed by atoms with Gasteiger partial charge in [-0.3, -0.25) is 4.79 Å². The zero-order valence-corrected chi connectivity index (χ0v) is 19.3. The Hall–Kier alpha value is -0.780. The van der Waals surface area contributed by atoms with E-state index in [4.69, 9.17) is 28.4 Å². The van der Waals surface area contributed by atoms with Crippen LogP contribution in [0.25, 0.3) is 0 Å². The fourth-order valence-electron chi connectivity index (χ4n) is 3.88. The molecule has 0 aliphatic carbocycles. The largest absolute Gasteiger partial charge is 0.467 e. The summed E-state index contributed by atoms with van der Waals surface area (Å²) < 4.78 is 34.8. The van der Waals surface area contributed by atoms with Crippen LogP contribution in [-0.2, 0) is 38.0 Å². The number of nitrogens with one attached hydrogen (secondary N) is 1. The number of amides is 1. The second-order valence-electron chi connectivity index (χ2n) is 8.79. The van der Waals surface area contributed by atoms with Crippen LogP contribution in [0.2, 0.25) is 0 Å². The van der Waals surface area contributed by atoms with Crippen molar-refractivity contribution >= 4 is 27.8 Å². The van der Waals surface area contributed by atoms with Crippen LogP contribution < -0.4 is 5.32 Å². The Kier molecular flexibility index (Phi) is 6.35. The highest BCUT2D eigenvalue weighted by Gasteiger charge is 2.62. The van der Waals surface area contributed by atoms with Crippen LogP contribution in [-0.4, -0.2) is 72.1 Å². The zero-order chi connectivity index (χ0) is 21.7. The fraction of sp³-hybridized carbons (Fsp3) is 0.895. The summed E-state index contributed by atoms with van der Waals surface area (Å²) in [6.45, 7) is 10.8. The molecular formula is C19H30BrNO8. The highest BCUT2D eigenvalue weighted by atomic mass is 79.9. The number of ether oxygens (including phenoxy) is 6. The Balaban J connectivity index is 1.79. The number of halogens is 1. The molecule has 9 nitrogen and oxygen atoms in total. The smallest absolute Gasteiger partial charge is 0.328 e. The van der Waals surface area contributed by atoms with Crippen molar-refractivity contribution in [1.82, 2.24) is 5.32 Å². The molecule has 3 rings (SSSR count). The van der Waals surface area contributed by atoms with Gasteiger partial charge in [0.05, 0.1) is 7.11 Å². The lowest BCUT2D eigenvalue weighted by Crippen LogP contribution is -2.60. The van der Waals surface area contributed by atoms with Crippen molar-refractivity contribution in [3.8, 4) is 0 Å². The predicted molar refractivity (Wildman–Crippen MR) is 104 cm³/mol. The first-order valence-electron chi connectivity index (χ1n) is 9.74. The Morgan fingerprint density at radius 3 is 2.10 bits per heavy atom. The molecule has 0 saturated carbocycles. The second-order valence-corrected chi connectivity index (χ2v) is 9.78. The first kappa shape index (κ1) is 22.9. The Morgan fingerprint density at radius 2 is 1.52 bits per heavy atom. The van der Waals surface area contributed by atoms with Gasteiger partial charge in [0, 0.05) is 0 Å². The van der Waals surface area contributed by atoms with Gasteiger partial charge >= 0.3 is 5.97 Å². The van der Waals surface area contributed by atoms with Crippen molar-refractivity contribution in [2.45, 2.75) is 94.7 Å². The molecule has 166 valence electrons. The third-order valence-electron chi connectivity index (χ3n) is 5.15. The van der Waals surface area contributed by atoms with E-state index in [0.29, 0.717) is 0 Å². The molecule has 7 atom stereocenters. The number of fused-ring (bicyclic) bond motifs is 3. The van der Waals surface area contributed by atoms with Crippen molar-refractivity contribution in [2.75, 3.05) is 7.11 Å². The van der Waals surface area contributed by atoms with Crippen molar-refractivity contribution < 1.29 is 38.0 Å². The maximum Gasteiger partial charge on any atom is 0.328 e. The van der Waals surface area contributed by atoms with E-state index in [1.54, 1.807) is 27.7 Å². The van der Waals surface area contributed by atoms with E-state index in [2.05, 4.69) is 21.2 Å². The molecule has 3 fully saturated rings. The predicted octanol–water partition coefficient (Wildman–Crippen LogP) is 1.46. The van der Waals surface area contributed by atoms with Gasteiger partial charge in [0.2, 0.25) is 5.91 Å². The summed E-state index contributed by atoms with van der Waals surface area (Å²) in [6.07, 6.45) is -2.93. The van der Waals surface area contributed by atoms with Crippen LogP contribution in [0.4, 0.5) is 0 Å². The Morgan fingerprint density at radius 1 is 0.966 bits per heavy atom. The van der Waals surface area contributed by atoms with Gasteiger partial charge in [0.15, 0.2) is 17.9 Å². The summed E-state index contributed by atoms with van der Waals surface area (Å²) in [4.78, 5) is 24.1. The molecule has 0 bridgehead atoms. The van der Waals surface area contributed by atoms with Crippen LogP contribution >= 0.6 is 15.9 Å². The van der Waals surface area contributed by atoms with E-state index in [9.17, 15) is 9.59 Å². The second kappa shape index (κ2) is 8.05. The lowest BCUT2D eigenvalue weighted by atomic mass is 9.96. The van der Waals surface area contributed by atoms with Gasteiger partial charge in [-0.2, -0.15) is 0 Å². The number of carbonyl (C=O) groups is 2. The van der Waals surface area contributed by atoms with Crippen LogP contribution in [0.15, 0.2) is 0 Å². The first-order chi connectivity index (χ1) is 13.3. The molecule has 10 heteroatoms. The van der Waals surface area contributed by atoms with Crippen molar-refractivity contribution in [3.63, 3.8) is 0 Å². The number of rotatable bonds is 5. The van der Waals surface area contributed by atoms with Crippen molar-refractivity contribution in [2.24, 2.45) is 5.92 Å². The minimum atomic E-state index is -0.863. The summed E-state index contributed by atoms with van der Waals surface area (Å²) in [5.74, 6) is -2.78. The van der Waals surface area contributed by atoms with E-state index in [1.807, 2.05) is 13.8 Å². The molecule has 0 aromatic heterocycles. The molecule has 0 radical (unpaired) electrons. The van der Waals surface area contributed by atoms with Crippen LogP contribution in [0, 0.1) is 5.92 Å². The van der Waals surface area contributed by atoms with E-state index >= 15 is 0 Å². The maximum absolute atomic E-state index is 12.9. The summed E-state index contributed by atoms with van der Waals surface area (Å²) in [5.41, 5.74) is 0. The fourth-order valence-corrected chi connectivity index (χ4v) is 4.44. The number of hydrogen-bond acceptors (Lipinski definition) is 8. The highest BCUT2D eigenvalue weighted by Crippen LogP contribution is 2.45. The van der Waals surface area contributed by atoms with E-state index in [-0.39, 0.29) is 5.92 Å². The molecular weight excluding hydrogens is 450 g/mol. The Bertz CT molecular complexity index is 654. The lowest BCUT2D eigenvalue weighted by Gasteiger charge is -2.39. The molecule has 0 spiro atoms. The normalized spacial score (nSPS) is 36.8. The van der Waals surface area contributed by atoms with Crippen molar-refractivity contribution in [1.29, 1.82) is 0 Å². The highest BCUT2D eigenvalue weighted by molar-refractivity contribution is 9.10. The number of methoxy groups -OCH3 is 1. The average Bonchev–Trinajstić information content (AvgIpc) is 3.10. The molecule has 0 unspecified atom stereocenters. The quantitative estimate of drug-likeness (QED) is 0.467. The van der Waals surface area contributed by atoms with Gasteiger partial charge in [0.1, 0.15) is 35.3 Å². The van der Waals surface area contributed by atoms with E-state index in [0.717, 1.165) is 0 Å². The molecule has 1 amide bonds. The molecule has 0 aromatic carbocycles. The summed E-state index contributed by atoms with van der Waals surface area (Å²) >= 11 is 3.43. The molecule has 29 heavy (non-hydrogen) atoms. The SMILES string of the molecule is COC(=O)[C@H](NC(=O)[C@H](Br)[C@H]1O[C@@H]2OC(C)(C)O[C@H]2[C@H]2OC(C)(C)O[C@@H]21)C(C)C. The minimum Gasteiger partial charge on any atom is -0.467 e. The molecule has 1 N–H and O–H groups in total. The number of carbonyl (C=O) groups excluding carboxylic acids is 2. The van der Waals surface area contributed by atoms with Gasteiger partial charge in [-0.05, 0) is 33.6 Å². The topological polar surface area (TPSA) is 102 Å².